The van der Waals surface area contributed by atoms with Crippen LogP contribution in [0.1, 0.15) is 27.6 Å². The molecule has 126 valence electrons. The van der Waals surface area contributed by atoms with Gasteiger partial charge in [0.2, 0.25) is 0 Å². The number of anilines is 1. The molecule has 1 amide bonds. The summed E-state index contributed by atoms with van der Waals surface area (Å²) >= 11 is 9.44. The first-order chi connectivity index (χ1) is 12.0. The van der Waals surface area contributed by atoms with Gasteiger partial charge in [-0.1, -0.05) is 57.9 Å². The average Bonchev–Trinajstić information content (AvgIpc) is 2.64. The van der Waals surface area contributed by atoms with Crippen LogP contribution in [0.3, 0.4) is 0 Å². The molecule has 0 spiro atoms. The predicted molar refractivity (Wildman–Crippen MR) is 104 cm³/mol. The maximum absolute atomic E-state index is 12.5. The highest BCUT2D eigenvalue weighted by molar-refractivity contribution is 9.10. The standard InChI is InChI=1S/C20H15BrClNO2/c21-15-8-6-14(7-9-15)20(25)23-18-11-10-16(22)12-17(18)19(24)13-4-2-1-3-5-13/h1-12,19,24H,(H,23,25)/t19-/m0/s1. The number of rotatable bonds is 4. The Labute approximate surface area is 159 Å². The number of hydrogen-bond donors (Lipinski definition) is 2. The zero-order valence-electron chi connectivity index (χ0n) is 13.1. The van der Waals surface area contributed by atoms with Gasteiger partial charge < -0.3 is 10.4 Å². The van der Waals surface area contributed by atoms with E-state index >= 15 is 0 Å². The van der Waals surface area contributed by atoms with Crippen LogP contribution in [-0.4, -0.2) is 11.0 Å². The molecule has 25 heavy (non-hydrogen) atoms. The minimum absolute atomic E-state index is 0.253. The van der Waals surface area contributed by atoms with Crippen molar-refractivity contribution in [2.75, 3.05) is 5.32 Å². The molecule has 1 atom stereocenters. The smallest absolute Gasteiger partial charge is 0.255 e. The molecule has 0 radical (unpaired) electrons. The van der Waals surface area contributed by atoms with Gasteiger partial charge in [0.25, 0.3) is 5.91 Å². The van der Waals surface area contributed by atoms with Gasteiger partial charge in [0.05, 0.1) is 0 Å². The molecule has 2 N–H and O–H groups in total. The molecule has 3 aromatic carbocycles. The number of nitrogens with one attached hydrogen (secondary N) is 1. The zero-order valence-corrected chi connectivity index (χ0v) is 15.5. The van der Waals surface area contributed by atoms with Crippen LogP contribution in [0.15, 0.2) is 77.3 Å². The van der Waals surface area contributed by atoms with Gasteiger partial charge in [0.1, 0.15) is 6.10 Å². The average molecular weight is 417 g/mol. The summed E-state index contributed by atoms with van der Waals surface area (Å²) in [6, 6.07) is 21.3. The minimum Gasteiger partial charge on any atom is -0.384 e. The second-order valence-electron chi connectivity index (χ2n) is 5.51. The van der Waals surface area contributed by atoms with Gasteiger partial charge >= 0.3 is 0 Å². The molecule has 0 aliphatic rings. The number of halogens is 2. The second-order valence-corrected chi connectivity index (χ2v) is 6.86. The molecule has 0 unspecified atom stereocenters. The van der Waals surface area contributed by atoms with Gasteiger partial charge in [-0.2, -0.15) is 0 Å². The molecule has 0 aliphatic heterocycles. The van der Waals surface area contributed by atoms with E-state index in [4.69, 9.17) is 11.6 Å². The van der Waals surface area contributed by atoms with Gasteiger partial charge in [-0.15, -0.1) is 0 Å². The van der Waals surface area contributed by atoms with Crippen molar-refractivity contribution in [3.8, 4) is 0 Å². The Morgan fingerprint density at radius 3 is 2.36 bits per heavy atom. The fourth-order valence-electron chi connectivity index (χ4n) is 2.48. The highest BCUT2D eigenvalue weighted by Gasteiger charge is 2.17. The van der Waals surface area contributed by atoms with Crippen molar-refractivity contribution in [2.45, 2.75) is 6.10 Å². The van der Waals surface area contributed by atoms with E-state index in [1.807, 2.05) is 30.3 Å². The Hall–Kier alpha value is -2.14. The van der Waals surface area contributed by atoms with Crippen LogP contribution in [0.5, 0.6) is 0 Å². The predicted octanol–water partition coefficient (Wildman–Crippen LogP) is 5.44. The van der Waals surface area contributed by atoms with E-state index in [1.165, 1.54) is 0 Å². The molecule has 5 heteroatoms. The topological polar surface area (TPSA) is 49.3 Å². The number of carbonyl (C=O) groups is 1. The molecular formula is C20H15BrClNO2. The highest BCUT2D eigenvalue weighted by Crippen LogP contribution is 2.31. The van der Waals surface area contributed by atoms with Crippen molar-refractivity contribution >= 4 is 39.1 Å². The van der Waals surface area contributed by atoms with E-state index in [0.717, 1.165) is 10.0 Å². The molecular weight excluding hydrogens is 402 g/mol. The third-order valence-corrected chi connectivity index (χ3v) is 4.54. The van der Waals surface area contributed by atoms with E-state index in [1.54, 1.807) is 42.5 Å². The highest BCUT2D eigenvalue weighted by atomic mass is 79.9. The summed E-state index contributed by atoms with van der Waals surface area (Å²) in [5.74, 6) is -0.253. The maximum Gasteiger partial charge on any atom is 0.255 e. The van der Waals surface area contributed by atoms with E-state index in [9.17, 15) is 9.90 Å². The van der Waals surface area contributed by atoms with Crippen LogP contribution in [0.25, 0.3) is 0 Å². The Balaban J connectivity index is 1.91. The van der Waals surface area contributed by atoms with Crippen molar-refractivity contribution in [1.82, 2.24) is 0 Å². The number of aliphatic hydroxyl groups is 1. The quantitative estimate of drug-likeness (QED) is 0.595. The summed E-state index contributed by atoms with van der Waals surface area (Å²) in [6.45, 7) is 0. The van der Waals surface area contributed by atoms with Crippen molar-refractivity contribution in [3.05, 3.63) is 99.0 Å². The molecule has 0 heterocycles. The maximum atomic E-state index is 12.5. The lowest BCUT2D eigenvalue weighted by Gasteiger charge is -2.17. The number of carbonyl (C=O) groups excluding carboxylic acids is 1. The molecule has 3 nitrogen and oxygen atoms in total. The van der Waals surface area contributed by atoms with Crippen molar-refractivity contribution in [1.29, 1.82) is 0 Å². The lowest BCUT2D eigenvalue weighted by atomic mass is 9.99. The molecule has 0 fully saturated rings. The summed E-state index contributed by atoms with van der Waals surface area (Å²) in [5.41, 5.74) is 2.32. The van der Waals surface area contributed by atoms with Gasteiger partial charge in [-0.3, -0.25) is 4.79 Å². The molecule has 0 aliphatic carbocycles. The Morgan fingerprint density at radius 2 is 1.68 bits per heavy atom. The van der Waals surface area contributed by atoms with E-state index < -0.39 is 6.10 Å². The lowest BCUT2D eigenvalue weighted by molar-refractivity contribution is 0.102. The van der Waals surface area contributed by atoms with Gasteiger partial charge in [0, 0.05) is 26.3 Å². The summed E-state index contributed by atoms with van der Waals surface area (Å²) in [7, 11) is 0. The third kappa shape index (κ3) is 4.28. The largest absolute Gasteiger partial charge is 0.384 e. The Kier molecular flexibility index (Phi) is 5.53. The summed E-state index contributed by atoms with van der Waals surface area (Å²) in [4.78, 5) is 12.5. The summed E-state index contributed by atoms with van der Waals surface area (Å²) in [5, 5.41) is 14.0. The first-order valence-corrected chi connectivity index (χ1v) is 8.81. The fourth-order valence-corrected chi connectivity index (χ4v) is 2.93. The number of benzene rings is 3. The zero-order chi connectivity index (χ0) is 17.8. The Morgan fingerprint density at radius 1 is 1.00 bits per heavy atom. The molecule has 0 saturated carbocycles. The van der Waals surface area contributed by atoms with Gasteiger partial charge in [-0.25, -0.2) is 0 Å². The first kappa shape index (κ1) is 17.7. The van der Waals surface area contributed by atoms with Crippen LogP contribution in [-0.2, 0) is 0 Å². The molecule has 0 aromatic heterocycles. The van der Waals surface area contributed by atoms with Gasteiger partial charge in [0.15, 0.2) is 0 Å². The SMILES string of the molecule is O=C(Nc1ccc(Cl)cc1[C@@H](O)c1ccccc1)c1ccc(Br)cc1. The van der Waals surface area contributed by atoms with Crippen LogP contribution in [0, 0.1) is 0 Å². The monoisotopic (exact) mass is 415 g/mol. The lowest BCUT2D eigenvalue weighted by Crippen LogP contribution is -2.14. The van der Waals surface area contributed by atoms with Crippen LogP contribution < -0.4 is 5.32 Å². The minimum atomic E-state index is -0.889. The van der Waals surface area contributed by atoms with Crippen LogP contribution in [0.2, 0.25) is 5.02 Å². The van der Waals surface area contributed by atoms with Gasteiger partial charge in [-0.05, 0) is 48.0 Å². The van der Waals surface area contributed by atoms with Crippen LogP contribution in [0.4, 0.5) is 5.69 Å². The fraction of sp³-hybridized carbons (Fsp3) is 0.0500. The summed E-state index contributed by atoms with van der Waals surface area (Å²) < 4.78 is 0.899. The van der Waals surface area contributed by atoms with E-state index in [-0.39, 0.29) is 5.91 Å². The summed E-state index contributed by atoms with van der Waals surface area (Å²) in [6.07, 6.45) is -0.889. The molecule has 3 rings (SSSR count). The number of amides is 1. The molecule has 0 bridgehead atoms. The van der Waals surface area contributed by atoms with Crippen molar-refractivity contribution in [3.63, 3.8) is 0 Å². The normalized spacial score (nSPS) is 11.8. The molecule has 3 aromatic rings. The third-order valence-electron chi connectivity index (χ3n) is 3.78. The van der Waals surface area contributed by atoms with Crippen molar-refractivity contribution < 1.29 is 9.90 Å². The first-order valence-electron chi connectivity index (χ1n) is 7.64. The number of aliphatic hydroxyl groups excluding tert-OH is 1. The second kappa shape index (κ2) is 7.83. The van der Waals surface area contributed by atoms with Crippen LogP contribution >= 0.6 is 27.5 Å². The van der Waals surface area contributed by atoms with Crippen molar-refractivity contribution in [2.24, 2.45) is 0 Å². The van der Waals surface area contributed by atoms with E-state index in [0.29, 0.717) is 21.8 Å². The number of hydrogen-bond acceptors (Lipinski definition) is 2. The Bertz CT molecular complexity index is 882. The van der Waals surface area contributed by atoms with E-state index in [2.05, 4.69) is 21.2 Å². The molecule has 0 saturated heterocycles.